The Morgan fingerprint density at radius 1 is 0.733 bits per heavy atom. The lowest BCUT2D eigenvalue weighted by Crippen LogP contribution is -2.32. The van der Waals surface area contributed by atoms with Crippen LogP contribution in [0.15, 0.2) is 188 Å². The van der Waals surface area contributed by atoms with E-state index < -0.39 is 5.41 Å². The van der Waals surface area contributed by atoms with Gasteiger partial charge in [-0.25, -0.2) is 0 Å². The predicted molar refractivity (Wildman–Crippen MR) is 197 cm³/mol. The first-order chi connectivity index (χ1) is 22.0. The molecule has 0 bridgehead atoms. The zero-order valence-electron chi connectivity index (χ0n) is 26.2. The number of aryl methyl sites for hydroxylation is 1. The summed E-state index contributed by atoms with van der Waals surface area (Å²) in [5.41, 5.74) is 11.0. The topological polar surface area (TPSA) is 12.4 Å². The summed E-state index contributed by atoms with van der Waals surface area (Å²) in [6, 6.07) is 32.4. The second-order valence-electron chi connectivity index (χ2n) is 11.1. The molecule has 0 N–H and O–H groups in total. The molecule has 1 heterocycles. The molecule has 0 fully saturated rings. The van der Waals surface area contributed by atoms with E-state index >= 15 is 0 Å². The number of aliphatic imine (C=N–C) groups is 1. The highest BCUT2D eigenvalue weighted by Gasteiger charge is 2.41. The third-order valence-electron chi connectivity index (χ3n) is 8.11. The quantitative estimate of drug-likeness (QED) is 0.174. The summed E-state index contributed by atoms with van der Waals surface area (Å²) >= 11 is 0. The molecule has 1 nitrogen and oxygen atoms in total. The molecule has 5 rings (SSSR count). The first-order valence-corrected chi connectivity index (χ1v) is 15.2. The largest absolute Gasteiger partial charge is 0.257 e. The van der Waals surface area contributed by atoms with E-state index in [1.54, 1.807) is 6.08 Å². The minimum Gasteiger partial charge on any atom is -0.257 e. The lowest BCUT2D eigenvalue weighted by atomic mass is 9.62. The van der Waals surface area contributed by atoms with Crippen molar-refractivity contribution in [1.29, 1.82) is 0 Å². The maximum Gasteiger partial charge on any atom is 0.0717 e. The lowest BCUT2D eigenvalue weighted by molar-refractivity contribution is 0.747. The molecule has 1 unspecified atom stereocenters. The molecule has 1 heteroatoms. The van der Waals surface area contributed by atoms with Crippen molar-refractivity contribution in [2.24, 2.45) is 4.99 Å². The van der Waals surface area contributed by atoms with E-state index in [4.69, 9.17) is 18.2 Å². The maximum atomic E-state index is 4.93. The first-order valence-electron chi connectivity index (χ1n) is 15.2. The van der Waals surface area contributed by atoms with Gasteiger partial charge >= 0.3 is 0 Å². The molecule has 1 aliphatic rings. The van der Waals surface area contributed by atoms with Gasteiger partial charge in [-0.05, 0) is 88.2 Å². The molecular weight excluding hydrogens is 542 g/mol. The van der Waals surface area contributed by atoms with E-state index in [1.165, 1.54) is 16.7 Å². The number of hydrogen-bond acceptors (Lipinski definition) is 1. The fourth-order valence-electron chi connectivity index (χ4n) is 5.98. The molecule has 4 aromatic rings. The van der Waals surface area contributed by atoms with Crippen molar-refractivity contribution < 1.29 is 0 Å². The highest BCUT2D eigenvalue weighted by molar-refractivity contribution is 5.84. The van der Waals surface area contributed by atoms with E-state index in [2.05, 4.69) is 123 Å². The summed E-state index contributed by atoms with van der Waals surface area (Å²) in [5, 5.41) is 0. The van der Waals surface area contributed by atoms with Gasteiger partial charge in [0.15, 0.2) is 0 Å². The number of rotatable bonds is 9. The van der Waals surface area contributed by atoms with Crippen molar-refractivity contribution in [2.45, 2.75) is 19.3 Å². The molecule has 1 aliphatic heterocycles. The van der Waals surface area contributed by atoms with E-state index in [0.717, 1.165) is 44.7 Å². The SMILES string of the molecule is C=C/C=C\C=C/c1ccccc1C1(C(=C)/C=C\C=C/C)C(=C)/C=C\C=Nc2ccc(-c3cccc(-c4cccc(C)c4)c3)cc21. The van der Waals surface area contributed by atoms with Crippen molar-refractivity contribution in [1.82, 2.24) is 0 Å². The number of hydrogen-bond donors (Lipinski definition) is 0. The molecule has 0 amide bonds. The number of nitrogens with zero attached hydrogens (tertiary/aromatic N) is 1. The standard InChI is InChI=1S/C44H39N/c1-6-8-10-12-21-36-22-13-14-26-41(36)44(34(4)19-11-9-7-2)35(5)20-17-29-45-43-28-27-40(32-42(43)44)39-25-16-24-38(31-39)37-23-15-18-33(3)30-37/h6-32H,1,4-5H2,2-3H3/b9-7-,10-8-,19-11-,20-17-,21-12-,45-29?. The normalized spacial score (nSPS) is 17.2. The van der Waals surface area contributed by atoms with Crippen LogP contribution in [0.5, 0.6) is 0 Å². The van der Waals surface area contributed by atoms with Crippen LogP contribution in [-0.4, -0.2) is 6.21 Å². The minimum atomic E-state index is -0.797. The van der Waals surface area contributed by atoms with Gasteiger partial charge in [-0.2, -0.15) is 0 Å². The van der Waals surface area contributed by atoms with Gasteiger partial charge in [0.2, 0.25) is 0 Å². The van der Waals surface area contributed by atoms with Gasteiger partial charge in [0.1, 0.15) is 0 Å². The highest BCUT2D eigenvalue weighted by atomic mass is 14.7. The van der Waals surface area contributed by atoms with Crippen molar-refractivity contribution in [3.05, 3.63) is 205 Å². The fraction of sp³-hybridized carbons (Fsp3) is 0.0682. The third-order valence-corrected chi connectivity index (χ3v) is 8.11. The Morgan fingerprint density at radius 3 is 2.22 bits per heavy atom. The van der Waals surface area contributed by atoms with Gasteiger partial charge in [0, 0.05) is 6.21 Å². The van der Waals surface area contributed by atoms with Crippen LogP contribution in [0.3, 0.4) is 0 Å². The summed E-state index contributed by atoms with van der Waals surface area (Å²) in [6.45, 7) is 17.4. The summed E-state index contributed by atoms with van der Waals surface area (Å²) < 4.78 is 0. The van der Waals surface area contributed by atoms with Crippen molar-refractivity contribution in [3.8, 4) is 22.3 Å². The van der Waals surface area contributed by atoms with Crippen LogP contribution < -0.4 is 0 Å². The molecule has 220 valence electrons. The zero-order chi connectivity index (χ0) is 31.6. The fourth-order valence-corrected chi connectivity index (χ4v) is 5.98. The first kappa shape index (κ1) is 30.9. The molecule has 0 saturated heterocycles. The molecule has 45 heavy (non-hydrogen) atoms. The third kappa shape index (κ3) is 6.54. The Morgan fingerprint density at radius 2 is 1.47 bits per heavy atom. The van der Waals surface area contributed by atoms with Gasteiger partial charge in [-0.15, -0.1) is 0 Å². The van der Waals surface area contributed by atoms with Gasteiger partial charge in [0.25, 0.3) is 0 Å². The molecule has 0 spiro atoms. The second kappa shape index (κ2) is 14.3. The highest BCUT2D eigenvalue weighted by Crippen LogP contribution is 2.51. The van der Waals surface area contributed by atoms with Crippen LogP contribution in [0.2, 0.25) is 0 Å². The predicted octanol–water partition coefficient (Wildman–Crippen LogP) is 11.9. The van der Waals surface area contributed by atoms with Crippen molar-refractivity contribution in [3.63, 3.8) is 0 Å². The minimum absolute atomic E-state index is 0.797. The van der Waals surface area contributed by atoms with Crippen LogP contribution in [0.1, 0.15) is 29.2 Å². The van der Waals surface area contributed by atoms with E-state index in [9.17, 15) is 0 Å². The van der Waals surface area contributed by atoms with Crippen molar-refractivity contribution >= 4 is 18.0 Å². The van der Waals surface area contributed by atoms with Crippen LogP contribution >= 0.6 is 0 Å². The van der Waals surface area contributed by atoms with E-state index in [0.29, 0.717) is 0 Å². The number of fused-ring (bicyclic) bond motifs is 1. The molecule has 0 saturated carbocycles. The Kier molecular flexibility index (Phi) is 9.82. The van der Waals surface area contributed by atoms with E-state index in [-0.39, 0.29) is 0 Å². The number of benzene rings is 4. The summed E-state index contributed by atoms with van der Waals surface area (Å²) in [7, 11) is 0. The van der Waals surface area contributed by atoms with Gasteiger partial charge in [-0.1, -0.05) is 159 Å². The molecule has 0 radical (unpaired) electrons. The summed E-state index contributed by atoms with van der Waals surface area (Å²) in [5.74, 6) is 0. The second-order valence-corrected chi connectivity index (χ2v) is 11.1. The van der Waals surface area contributed by atoms with Gasteiger partial charge in [0.05, 0.1) is 11.1 Å². The van der Waals surface area contributed by atoms with Crippen LogP contribution in [0.25, 0.3) is 28.3 Å². The molecule has 0 aliphatic carbocycles. The monoisotopic (exact) mass is 581 g/mol. The summed E-state index contributed by atoms with van der Waals surface area (Å²) in [6.07, 6.45) is 23.9. The maximum absolute atomic E-state index is 4.93. The number of allylic oxidation sites excluding steroid dienone is 12. The molecule has 0 aromatic heterocycles. The molecule has 1 atom stereocenters. The zero-order valence-corrected chi connectivity index (χ0v) is 26.2. The molecule has 4 aromatic carbocycles. The Bertz CT molecular complexity index is 1920. The Labute approximate surface area is 268 Å². The van der Waals surface area contributed by atoms with Gasteiger partial charge in [-0.3, -0.25) is 4.99 Å². The average Bonchev–Trinajstić information content (AvgIpc) is 3.06. The van der Waals surface area contributed by atoms with Crippen LogP contribution in [0, 0.1) is 6.92 Å². The summed E-state index contributed by atoms with van der Waals surface area (Å²) in [4.78, 5) is 4.93. The molecular formula is C44H39N. The Balaban J connectivity index is 1.80. The average molecular weight is 582 g/mol. The van der Waals surface area contributed by atoms with Crippen LogP contribution in [-0.2, 0) is 5.41 Å². The van der Waals surface area contributed by atoms with Crippen LogP contribution in [0.4, 0.5) is 5.69 Å². The van der Waals surface area contributed by atoms with Crippen molar-refractivity contribution in [2.75, 3.05) is 0 Å². The van der Waals surface area contributed by atoms with E-state index in [1.807, 2.05) is 55.7 Å². The lowest BCUT2D eigenvalue weighted by Gasteiger charge is -2.39. The Hall–Kier alpha value is -5.53. The van der Waals surface area contributed by atoms with Gasteiger partial charge < -0.3 is 0 Å². The smallest absolute Gasteiger partial charge is 0.0717 e.